The number of benzene rings is 1. The van der Waals surface area contributed by atoms with E-state index in [1.54, 1.807) is 30.3 Å². The molecule has 1 fully saturated rings. The van der Waals surface area contributed by atoms with E-state index in [1.807, 2.05) is 0 Å². The lowest BCUT2D eigenvalue weighted by atomic mass is 10.2. The molecule has 0 saturated carbocycles. The smallest absolute Gasteiger partial charge is 0.266 e. The number of halogens is 1. The molecule has 7 heteroatoms. The minimum absolute atomic E-state index is 0.215. The minimum Gasteiger partial charge on any atom is -0.548 e. The lowest BCUT2D eigenvalue weighted by molar-refractivity contribution is -0.309. The Hall–Kier alpha value is -1.37. The van der Waals surface area contributed by atoms with Gasteiger partial charge in [-0.05, 0) is 30.7 Å². The molecular weight excluding hydrogens is 318 g/mol. The Morgan fingerprint density at radius 2 is 2.05 bits per heavy atom. The molecule has 0 radical (unpaired) electrons. The molecule has 1 unspecified atom stereocenters. The van der Waals surface area contributed by atoms with Crippen LogP contribution in [0.25, 0.3) is 6.08 Å². The number of carboxylic acid groups (broad SMARTS) is 1. The molecule has 4 nitrogen and oxygen atoms in total. The maximum atomic E-state index is 12.2. The zero-order valence-electron chi connectivity index (χ0n) is 10.3. The fourth-order valence-corrected chi connectivity index (χ4v) is 3.17. The van der Waals surface area contributed by atoms with Gasteiger partial charge in [-0.15, -0.1) is 0 Å². The lowest BCUT2D eigenvalue weighted by Gasteiger charge is -2.23. The van der Waals surface area contributed by atoms with E-state index in [2.05, 4.69) is 0 Å². The van der Waals surface area contributed by atoms with E-state index in [9.17, 15) is 14.7 Å². The van der Waals surface area contributed by atoms with E-state index in [4.69, 9.17) is 23.8 Å². The summed E-state index contributed by atoms with van der Waals surface area (Å²) in [7, 11) is 0. The van der Waals surface area contributed by atoms with Gasteiger partial charge in [0.15, 0.2) is 0 Å². The number of thioether (sulfide) groups is 1. The van der Waals surface area contributed by atoms with Crippen molar-refractivity contribution in [3.05, 3.63) is 39.8 Å². The van der Waals surface area contributed by atoms with Crippen molar-refractivity contribution in [2.45, 2.75) is 13.0 Å². The second kappa shape index (κ2) is 5.95. The summed E-state index contributed by atoms with van der Waals surface area (Å²) in [6.07, 6.45) is 1.65. The number of carbonyl (C=O) groups is 2. The summed E-state index contributed by atoms with van der Waals surface area (Å²) in [5, 5.41) is 11.5. The first-order valence-corrected chi connectivity index (χ1v) is 7.24. The number of carbonyl (C=O) groups excluding carboxylic acids is 2. The first-order chi connectivity index (χ1) is 9.40. The van der Waals surface area contributed by atoms with Crippen LogP contribution in [0, 0.1) is 0 Å². The Balaban J connectivity index is 2.28. The Bertz CT molecular complexity index is 613. The molecular formula is C13H9ClNO3S2-. The van der Waals surface area contributed by atoms with Crippen LogP contribution in [-0.2, 0) is 9.59 Å². The molecule has 1 amide bonds. The van der Waals surface area contributed by atoms with Gasteiger partial charge >= 0.3 is 0 Å². The van der Waals surface area contributed by atoms with Crippen LogP contribution >= 0.6 is 35.6 Å². The van der Waals surface area contributed by atoms with Crippen molar-refractivity contribution in [1.82, 2.24) is 4.90 Å². The largest absolute Gasteiger partial charge is 0.548 e. The van der Waals surface area contributed by atoms with E-state index in [0.717, 1.165) is 22.2 Å². The van der Waals surface area contributed by atoms with Crippen molar-refractivity contribution in [3.63, 3.8) is 0 Å². The van der Waals surface area contributed by atoms with Gasteiger partial charge in [-0.3, -0.25) is 9.69 Å². The van der Waals surface area contributed by atoms with Gasteiger partial charge in [0.2, 0.25) is 0 Å². The summed E-state index contributed by atoms with van der Waals surface area (Å²) >= 11 is 11.9. The molecule has 0 aliphatic carbocycles. The van der Waals surface area contributed by atoms with Crippen molar-refractivity contribution >= 4 is 57.9 Å². The molecule has 1 aromatic carbocycles. The fraction of sp³-hybridized carbons (Fsp3) is 0.154. The van der Waals surface area contributed by atoms with Gasteiger partial charge in [0, 0.05) is 5.02 Å². The third-order valence-corrected chi connectivity index (χ3v) is 4.30. The van der Waals surface area contributed by atoms with Gasteiger partial charge in [-0.25, -0.2) is 0 Å². The average molecular weight is 327 g/mol. The Morgan fingerprint density at radius 3 is 2.60 bits per heavy atom. The summed E-state index contributed by atoms with van der Waals surface area (Å²) < 4.78 is 0.215. The Kier molecular flexibility index (Phi) is 4.47. The van der Waals surface area contributed by atoms with Crippen LogP contribution in [0.2, 0.25) is 5.02 Å². The highest BCUT2D eigenvalue weighted by Crippen LogP contribution is 2.33. The van der Waals surface area contributed by atoms with Crippen molar-refractivity contribution in [1.29, 1.82) is 0 Å². The second-order valence-corrected chi connectivity index (χ2v) is 6.21. The Labute approximate surface area is 130 Å². The minimum atomic E-state index is -1.34. The average Bonchev–Trinajstić information content (AvgIpc) is 2.66. The maximum Gasteiger partial charge on any atom is 0.266 e. The van der Waals surface area contributed by atoms with Gasteiger partial charge in [-0.2, -0.15) is 0 Å². The third-order valence-electron chi connectivity index (χ3n) is 2.72. The molecule has 1 heterocycles. The van der Waals surface area contributed by atoms with Crippen LogP contribution in [-0.4, -0.2) is 27.1 Å². The zero-order chi connectivity index (χ0) is 14.9. The van der Waals surface area contributed by atoms with Gasteiger partial charge in [0.1, 0.15) is 4.32 Å². The SMILES string of the molecule is CC(C(=O)[O-])N1C(=O)C(=Cc2ccc(Cl)cc2)SC1=S. The van der Waals surface area contributed by atoms with Crippen LogP contribution < -0.4 is 5.11 Å². The zero-order valence-corrected chi connectivity index (χ0v) is 12.7. The van der Waals surface area contributed by atoms with E-state index in [-0.39, 0.29) is 4.32 Å². The standard InChI is InChI=1S/C13H10ClNO3S2/c1-7(12(17)18)15-11(16)10(20-13(15)19)6-8-2-4-9(14)5-3-8/h2-7H,1H3,(H,17,18)/p-1. The van der Waals surface area contributed by atoms with Crippen LogP contribution in [0.4, 0.5) is 0 Å². The van der Waals surface area contributed by atoms with E-state index in [1.165, 1.54) is 6.92 Å². The number of nitrogens with zero attached hydrogens (tertiary/aromatic N) is 1. The maximum absolute atomic E-state index is 12.2. The number of hydrogen-bond acceptors (Lipinski definition) is 5. The summed E-state index contributed by atoms with van der Waals surface area (Å²) in [6.45, 7) is 1.37. The molecule has 20 heavy (non-hydrogen) atoms. The quantitative estimate of drug-likeness (QED) is 0.625. The monoisotopic (exact) mass is 326 g/mol. The number of thiocarbonyl (C=S) groups is 1. The van der Waals surface area contributed by atoms with Gasteiger partial charge in [0.25, 0.3) is 5.91 Å². The molecule has 0 bridgehead atoms. The third kappa shape index (κ3) is 3.03. The van der Waals surface area contributed by atoms with Crippen molar-refractivity contribution in [2.24, 2.45) is 0 Å². The van der Waals surface area contributed by atoms with E-state index < -0.39 is 17.9 Å². The van der Waals surface area contributed by atoms with Gasteiger partial charge in [0.05, 0.1) is 16.9 Å². The van der Waals surface area contributed by atoms with Gasteiger partial charge in [-0.1, -0.05) is 47.7 Å². The molecule has 0 spiro atoms. The molecule has 104 valence electrons. The number of aliphatic carboxylic acids is 1. The summed E-state index contributed by atoms with van der Waals surface area (Å²) in [5.41, 5.74) is 0.788. The highest BCUT2D eigenvalue weighted by Gasteiger charge is 2.35. The summed E-state index contributed by atoms with van der Waals surface area (Å²) in [6, 6.07) is 5.85. The van der Waals surface area contributed by atoms with Crippen LogP contribution in [0.5, 0.6) is 0 Å². The summed E-state index contributed by atoms with van der Waals surface area (Å²) in [5.74, 6) is -1.76. The van der Waals surface area contributed by atoms with Crippen LogP contribution in [0.1, 0.15) is 12.5 Å². The molecule has 1 atom stereocenters. The van der Waals surface area contributed by atoms with E-state index >= 15 is 0 Å². The van der Waals surface area contributed by atoms with Crippen LogP contribution in [0.3, 0.4) is 0 Å². The van der Waals surface area contributed by atoms with Crippen LogP contribution in [0.15, 0.2) is 29.2 Å². The Morgan fingerprint density at radius 1 is 1.45 bits per heavy atom. The highest BCUT2D eigenvalue weighted by atomic mass is 35.5. The summed E-state index contributed by atoms with van der Waals surface area (Å²) in [4.78, 5) is 24.5. The van der Waals surface area contributed by atoms with Crippen molar-refractivity contribution in [3.8, 4) is 0 Å². The predicted molar refractivity (Wildman–Crippen MR) is 80.9 cm³/mol. The molecule has 1 aromatic rings. The predicted octanol–water partition coefficient (Wildman–Crippen LogP) is 1.68. The number of hydrogen-bond donors (Lipinski definition) is 0. The highest BCUT2D eigenvalue weighted by molar-refractivity contribution is 8.26. The number of amides is 1. The second-order valence-electron chi connectivity index (χ2n) is 4.10. The van der Waals surface area contributed by atoms with Crippen molar-refractivity contribution < 1.29 is 14.7 Å². The van der Waals surface area contributed by atoms with E-state index in [0.29, 0.717) is 9.93 Å². The first-order valence-electron chi connectivity index (χ1n) is 5.63. The first kappa shape index (κ1) is 15.0. The fourth-order valence-electron chi connectivity index (χ4n) is 1.63. The number of rotatable bonds is 3. The number of carboxylic acids is 1. The lowest BCUT2D eigenvalue weighted by Crippen LogP contribution is -2.48. The molecule has 1 aliphatic heterocycles. The molecule has 1 saturated heterocycles. The molecule has 1 aliphatic rings. The molecule has 0 aromatic heterocycles. The van der Waals surface area contributed by atoms with Crippen molar-refractivity contribution in [2.75, 3.05) is 0 Å². The van der Waals surface area contributed by atoms with Gasteiger partial charge < -0.3 is 9.90 Å². The topological polar surface area (TPSA) is 60.4 Å². The molecule has 2 rings (SSSR count). The normalized spacial score (nSPS) is 18.7. The molecule has 0 N–H and O–H groups in total.